The first-order chi connectivity index (χ1) is 8.79. The molecule has 0 unspecified atom stereocenters. The highest BCUT2D eigenvalue weighted by Gasteiger charge is 2.10. The molecule has 2 rings (SSSR count). The summed E-state index contributed by atoms with van der Waals surface area (Å²) >= 11 is 3.35. The summed E-state index contributed by atoms with van der Waals surface area (Å²) in [5.74, 6) is 0.678. The second kappa shape index (κ2) is 6.77. The predicted molar refractivity (Wildman–Crippen MR) is 74.6 cm³/mol. The number of nitrogens with zero attached hydrogens (tertiary/aromatic N) is 2. The van der Waals surface area contributed by atoms with E-state index in [9.17, 15) is 0 Å². The fraction of sp³-hybridized carbons (Fsp3) is 0.500. The van der Waals surface area contributed by atoms with E-state index in [2.05, 4.69) is 26.9 Å². The molecular weight excluding hydrogens is 292 g/mol. The van der Waals surface area contributed by atoms with Gasteiger partial charge in [-0.25, -0.2) is 0 Å². The van der Waals surface area contributed by atoms with Crippen LogP contribution >= 0.6 is 15.9 Å². The minimum atomic E-state index is 0.586. The lowest BCUT2D eigenvalue weighted by molar-refractivity contribution is 0.183. The molecule has 1 saturated heterocycles. The maximum absolute atomic E-state index is 9.03. The molecule has 0 aromatic heterocycles. The second-order valence-corrected chi connectivity index (χ2v) is 5.42. The zero-order valence-electron chi connectivity index (χ0n) is 10.4. The topological polar surface area (TPSA) is 36.3 Å². The van der Waals surface area contributed by atoms with Crippen LogP contribution in [0.3, 0.4) is 0 Å². The Balaban J connectivity index is 1.84. The highest BCUT2D eigenvalue weighted by Crippen LogP contribution is 2.22. The molecule has 96 valence electrons. The minimum absolute atomic E-state index is 0.586. The highest BCUT2D eigenvalue weighted by molar-refractivity contribution is 9.10. The van der Waals surface area contributed by atoms with Gasteiger partial charge in [0.25, 0.3) is 0 Å². The number of rotatable bonds is 4. The summed E-state index contributed by atoms with van der Waals surface area (Å²) in [6.07, 6.45) is 3.94. The number of piperidine rings is 1. The third-order valence-corrected chi connectivity index (χ3v) is 3.67. The van der Waals surface area contributed by atoms with E-state index in [1.54, 1.807) is 6.07 Å². The second-order valence-electron chi connectivity index (χ2n) is 4.50. The summed E-state index contributed by atoms with van der Waals surface area (Å²) in [4.78, 5) is 2.43. The number of ether oxygens (including phenoxy) is 1. The largest absolute Gasteiger partial charge is 0.491 e. The third-order valence-electron chi connectivity index (χ3n) is 3.18. The summed E-state index contributed by atoms with van der Waals surface area (Å²) in [5.41, 5.74) is 0.586. The molecule has 18 heavy (non-hydrogen) atoms. The number of hydrogen-bond donors (Lipinski definition) is 0. The standard InChI is InChI=1S/C14H17BrN2O/c15-13-4-5-14(12(10-13)11-16)18-9-8-17-6-2-1-3-7-17/h4-5,10H,1-3,6-9H2. The zero-order chi connectivity index (χ0) is 12.8. The molecule has 0 aliphatic carbocycles. The average Bonchev–Trinajstić information content (AvgIpc) is 2.41. The van der Waals surface area contributed by atoms with Gasteiger partial charge >= 0.3 is 0 Å². The number of likely N-dealkylation sites (tertiary alicyclic amines) is 1. The number of benzene rings is 1. The Morgan fingerprint density at radius 1 is 1.28 bits per heavy atom. The molecule has 0 radical (unpaired) electrons. The van der Waals surface area contributed by atoms with Gasteiger partial charge in [-0.2, -0.15) is 5.26 Å². The molecule has 1 aromatic carbocycles. The van der Waals surface area contributed by atoms with E-state index in [0.29, 0.717) is 17.9 Å². The Kier molecular flexibility index (Phi) is 5.03. The Labute approximate surface area is 116 Å². The van der Waals surface area contributed by atoms with Crippen LogP contribution in [-0.2, 0) is 0 Å². The highest BCUT2D eigenvalue weighted by atomic mass is 79.9. The smallest absolute Gasteiger partial charge is 0.137 e. The summed E-state index contributed by atoms with van der Waals surface area (Å²) in [5, 5.41) is 9.03. The van der Waals surface area contributed by atoms with Gasteiger partial charge in [-0.1, -0.05) is 22.4 Å². The van der Waals surface area contributed by atoms with E-state index in [-0.39, 0.29) is 0 Å². The maximum Gasteiger partial charge on any atom is 0.137 e. The predicted octanol–water partition coefficient (Wildman–Crippen LogP) is 3.19. The van der Waals surface area contributed by atoms with Crippen LogP contribution in [0.25, 0.3) is 0 Å². The Hall–Kier alpha value is -1.05. The molecule has 0 amide bonds. The van der Waals surface area contributed by atoms with E-state index >= 15 is 0 Å². The molecule has 4 heteroatoms. The molecule has 1 heterocycles. The molecule has 1 aliphatic heterocycles. The van der Waals surface area contributed by atoms with Gasteiger partial charge in [-0.05, 0) is 44.1 Å². The Morgan fingerprint density at radius 3 is 2.78 bits per heavy atom. The van der Waals surface area contributed by atoms with Crippen LogP contribution in [0, 0.1) is 11.3 Å². The van der Waals surface area contributed by atoms with Gasteiger partial charge in [0.1, 0.15) is 18.4 Å². The molecule has 1 aliphatic rings. The van der Waals surface area contributed by atoms with Crippen LogP contribution in [0.1, 0.15) is 24.8 Å². The lowest BCUT2D eigenvalue weighted by Crippen LogP contribution is -2.33. The van der Waals surface area contributed by atoms with E-state index in [1.807, 2.05) is 12.1 Å². The van der Waals surface area contributed by atoms with Crippen molar-refractivity contribution in [1.82, 2.24) is 4.90 Å². The fourth-order valence-electron chi connectivity index (χ4n) is 2.18. The Morgan fingerprint density at radius 2 is 2.06 bits per heavy atom. The number of nitriles is 1. The van der Waals surface area contributed by atoms with E-state index in [1.165, 1.54) is 32.4 Å². The first-order valence-electron chi connectivity index (χ1n) is 6.34. The lowest BCUT2D eigenvalue weighted by Gasteiger charge is -2.26. The molecule has 0 saturated carbocycles. The molecule has 0 spiro atoms. The van der Waals surface area contributed by atoms with Crippen LogP contribution in [-0.4, -0.2) is 31.1 Å². The summed E-state index contributed by atoms with van der Waals surface area (Å²) < 4.78 is 6.61. The van der Waals surface area contributed by atoms with Gasteiger partial charge < -0.3 is 4.74 Å². The fourth-order valence-corrected chi connectivity index (χ4v) is 2.54. The van der Waals surface area contributed by atoms with Crippen LogP contribution in [0.4, 0.5) is 0 Å². The number of hydrogen-bond acceptors (Lipinski definition) is 3. The number of halogens is 1. The SMILES string of the molecule is N#Cc1cc(Br)ccc1OCCN1CCCCC1. The van der Waals surface area contributed by atoms with Gasteiger partial charge in [0, 0.05) is 11.0 Å². The quantitative estimate of drug-likeness (QED) is 0.857. The van der Waals surface area contributed by atoms with Crippen LogP contribution in [0.15, 0.2) is 22.7 Å². The van der Waals surface area contributed by atoms with Gasteiger partial charge in [0.2, 0.25) is 0 Å². The van der Waals surface area contributed by atoms with E-state index in [0.717, 1.165) is 11.0 Å². The van der Waals surface area contributed by atoms with E-state index < -0.39 is 0 Å². The summed E-state index contributed by atoms with van der Waals surface area (Å²) in [6, 6.07) is 7.69. The average molecular weight is 309 g/mol. The van der Waals surface area contributed by atoms with Crippen molar-refractivity contribution in [1.29, 1.82) is 5.26 Å². The van der Waals surface area contributed by atoms with Gasteiger partial charge in [0.05, 0.1) is 5.56 Å². The van der Waals surface area contributed by atoms with Crippen molar-refractivity contribution in [2.75, 3.05) is 26.2 Å². The molecule has 1 aromatic rings. The zero-order valence-corrected chi connectivity index (χ0v) is 11.9. The first-order valence-corrected chi connectivity index (χ1v) is 7.14. The van der Waals surface area contributed by atoms with Gasteiger partial charge in [0.15, 0.2) is 0 Å². The van der Waals surface area contributed by atoms with Crippen molar-refractivity contribution in [3.63, 3.8) is 0 Å². The molecule has 0 N–H and O–H groups in total. The third kappa shape index (κ3) is 3.72. The molecule has 3 nitrogen and oxygen atoms in total. The van der Waals surface area contributed by atoms with Crippen molar-refractivity contribution < 1.29 is 4.74 Å². The van der Waals surface area contributed by atoms with Crippen molar-refractivity contribution in [2.24, 2.45) is 0 Å². The Bertz CT molecular complexity index is 436. The van der Waals surface area contributed by atoms with Gasteiger partial charge in [-0.3, -0.25) is 4.90 Å². The normalized spacial score (nSPS) is 16.2. The van der Waals surface area contributed by atoms with Crippen LogP contribution in [0.5, 0.6) is 5.75 Å². The van der Waals surface area contributed by atoms with Crippen molar-refractivity contribution in [3.8, 4) is 11.8 Å². The summed E-state index contributed by atoms with van der Waals surface area (Å²) in [7, 11) is 0. The molecule has 0 atom stereocenters. The molecule has 0 bridgehead atoms. The lowest BCUT2D eigenvalue weighted by atomic mass is 10.1. The molecule has 1 fully saturated rings. The summed E-state index contributed by atoms with van der Waals surface area (Å²) in [6.45, 7) is 3.95. The van der Waals surface area contributed by atoms with Crippen LogP contribution < -0.4 is 4.74 Å². The van der Waals surface area contributed by atoms with Crippen LogP contribution in [0.2, 0.25) is 0 Å². The van der Waals surface area contributed by atoms with Gasteiger partial charge in [-0.15, -0.1) is 0 Å². The molecular formula is C14H17BrN2O. The minimum Gasteiger partial charge on any atom is -0.491 e. The monoisotopic (exact) mass is 308 g/mol. The van der Waals surface area contributed by atoms with E-state index in [4.69, 9.17) is 10.00 Å². The van der Waals surface area contributed by atoms with Crippen molar-refractivity contribution in [2.45, 2.75) is 19.3 Å². The maximum atomic E-state index is 9.03. The first kappa shape index (κ1) is 13.4. The van der Waals surface area contributed by atoms with Crippen molar-refractivity contribution in [3.05, 3.63) is 28.2 Å². The van der Waals surface area contributed by atoms with Crippen molar-refractivity contribution >= 4 is 15.9 Å².